The summed E-state index contributed by atoms with van der Waals surface area (Å²) in [5.74, 6) is 0.306. The number of benzene rings is 2. The Balaban J connectivity index is 1.55. The lowest BCUT2D eigenvalue weighted by atomic mass is 9.79. The number of β-amino-alcohol motifs (C(OH)–C–C–N with tert-alkyl or cyclic N) is 1. The second kappa shape index (κ2) is 5.78. The molecule has 2 aliphatic rings. The van der Waals surface area contributed by atoms with Gasteiger partial charge in [-0.15, -0.1) is 0 Å². The van der Waals surface area contributed by atoms with Gasteiger partial charge in [0.25, 0.3) is 0 Å². The highest BCUT2D eigenvalue weighted by molar-refractivity contribution is 5.84. The number of hydrogen-bond donors (Lipinski definition) is 2. The summed E-state index contributed by atoms with van der Waals surface area (Å²) in [5.41, 5.74) is 0.801. The van der Waals surface area contributed by atoms with Gasteiger partial charge in [0.1, 0.15) is 5.75 Å². The Morgan fingerprint density at radius 1 is 1.17 bits per heavy atom. The molecule has 0 bridgehead atoms. The van der Waals surface area contributed by atoms with E-state index in [4.69, 9.17) is 9.47 Å². The first kappa shape index (κ1) is 14.9. The summed E-state index contributed by atoms with van der Waals surface area (Å²) in [6.07, 6.45) is 3.87. The zero-order valence-electron chi connectivity index (χ0n) is 13.4. The standard InChI is InChI=1S/C19H23NO3/c1-22-17-8-6-14-9-16(7-5-15(14)10-17)19(21)12-20-18(11-23-19)13-3-2-4-13/h5-10,13,18,20-21H,2-4,11-12H2,1H3. The zero-order chi connectivity index (χ0) is 15.9. The molecule has 1 saturated carbocycles. The molecule has 122 valence electrons. The summed E-state index contributed by atoms with van der Waals surface area (Å²) >= 11 is 0. The minimum absolute atomic E-state index is 0.383. The van der Waals surface area contributed by atoms with Crippen molar-refractivity contribution in [2.45, 2.75) is 31.1 Å². The van der Waals surface area contributed by atoms with Gasteiger partial charge in [-0.2, -0.15) is 0 Å². The van der Waals surface area contributed by atoms with E-state index in [0.29, 0.717) is 25.1 Å². The number of methoxy groups -OCH3 is 1. The molecule has 2 aromatic carbocycles. The SMILES string of the molecule is COc1ccc2cc(C3(O)CNC(C4CCC4)CO3)ccc2c1. The van der Waals surface area contributed by atoms with Gasteiger partial charge in [0.15, 0.2) is 0 Å². The van der Waals surface area contributed by atoms with Gasteiger partial charge < -0.3 is 19.9 Å². The van der Waals surface area contributed by atoms with Crippen molar-refractivity contribution in [3.8, 4) is 5.75 Å². The van der Waals surface area contributed by atoms with E-state index in [-0.39, 0.29) is 0 Å². The van der Waals surface area contributed by atoms with Crippen LogP contribution in [0.1, 0.15) is 24.8 Å². The molecule has 23 heavy (non-hydrogen) atoms. The molecular formula is C19H23NO3. The van der Waals surface area contributed by atoms with Crippen LogP contribution in [0.15, 0.2) is 36.4 Å². The van der Waals surface area contributed by atoms with E-state index in [0.717, 1.165) is 22.1 Å². The summed E-state index contributed by atoms with van der Waals surface area (Å²) in [7, 11) is 1.66. The Morgan fingerprint density at radius 2 is 1.96 bits per heavy atom. The molecule has 0 spiro atoms. The van der Waals surface area contributed by atoms with Gasteiger partial charge in [-0.1, -0.05) is 24.6 Å². The van der Waals surface area contributed by atoms with Gasteiger partial charge in [-0.3, -0.25) is 0 Å². The minimum atomic E-state index is -1.24. The first-order valence-electron chi connectivity index (χ1n) is 8.36. The summed E-state index contributed by atoms with van der Waals surface area (Å²) in [6.45, 7) is 1.01. The fraction of sp³-hybridized carbons (Fsp3) is 0.474. The Labute approximate surface area is 136 Å². The van der Waals surface area contributed by atoms with Crippen molar-refractivity contribution in [3.05, 3.63) is 42.0 Å². The Kier molecular flexibility index (Phi) is 3.76. The molecule has 2 unspecified atom stereocenters. The average Bonchev–Trinajstić information content (AvgIpc) is 2.54. The number of aliphatic hydroxyl groups is 1. The monoisotopic (exact) mass is 313 g/mol. The van der Waals surface area contributed by atoms with Crippen LogP contribution in [-0.2, 0) is 10.5 Å². The lowest BCUT2D eigenvalue weighted by molar-refractivity contribution is -0.236. The van der Waals surface area contributed by atoms with Crippen LogP contribution in [0.3, 0.4) is 0 Å². The lowest BCUT2D eigenvalue weighted by Crippen LogP contribution is -2.56. The maximum atomic E-state index is 10.9. The van der Waals surface area contributed by atoms with E-state index in [1.54, 1.807) is 7.11 Å². The maximum absolute atomic E-state index is 10.9. The van der Waals surface area contributed by atoms with Crippen molar-refractivity contribution in [1.29, 1.82) is 0 Å². The molecule has 2 fully saturated rings. The van der Waals surface area contributed by atoms with Crippen molar-refractivity contribution in [2.24, 2.45) is 5.92 Å². The summed E-state index contributed by atoms with van der Waals surface area (Å²) in [6, 6.07) is 12.3. The van der Waals surface area contributed by atoms with Crippen LogP contribution in [0.5, 0.6) is 5.75 Å². The van der Waals surface area contributed by atoms with Crippen LogP contribution >= 0.6 is 0 Å². The van der Waals surface area contributed by atoms with Crippen molar-refractivity contribution in [1.82, 2.24) is 5.32 Å². The van der Waals surface area contributed by atoms with Crippen LogP contribution in [0.25, 0.3) is 10.8 Å². The molecule has 1 aliphatic heterocycles. The summed E-state index contributed by atoms with van der Waals surface area (Å²) in [4.78, 5) is 0. The van der Waals surface area contributed by atoms with Gasteiger partial charge in [0.2, 0.25) is 5.79 Å². The Hall–Kier alpha value is -1.62. The van der Waals surface area contributed by atoms with Crippen molar-refractivity contribution >= 4 is 10.8 Å². The molecule has 1 aliphatic carbocycles. The van der Waals surface area contributed by atoms with Crippen molar-refractivity contribution in [3.63, 3.8) is 0 Å². The Morgan fingerprint density at radius 3 is 2.61 bits per heavy atom. The highest BCUT2D eigenvalue weighted by Gasteiger charge is 2.39. The third-order valence-electron chi connectivity index (χ3n) is 5.32. The summed E-state index contributed by atoms with van der Waals surface area (Å²) < 4.78 is 11.1. The molecule has 2 N–H and O–H groups in total. The number of nitrogens with one attached hydrogen (secondary N) is 1. The number of ether oxygens (including phenoxy) is 2. The van der Waals surface area contributed by atoms with Crippen LogP contribution in [0.4, 0.5) is 0 Å². The van der Waals surface area contributed by atoms with E-state index in [9.17, 15) is 5.11 Å². The Bertz CT molecular complexity index is 703. The number of hydrogen-bond acceptors (Lipinski definition) is 4. The van der Waals surface area contributed by atoms with Gasteiger partial charge in [0, 0.05) is 11.6 Å². The van der Waals surface area contributed by atoms with Crippen molar-refractivity contribution < 1.29 is 14.6 Å². The predicted octanol–water partition coefficient (Wildman–Crippen LogP) is 2.78. The molecule has 4 rings (SSSR count). The molecule has 0 radical (unpaired) electrons. The molecular weight excluding hydrogens is 290 g/mol. The molecule has 4 nitrogen and oxygen atoms in total. The molecule has 1 saturated heterocycles. The number of morpholine rings is 1. The van der Waals surface area contributed by atoms with Crippen LogP contribution in [0, 0.1) is 5.92 Å². The smallest absolute Gasteiger partial charge is 0.205 e. The largest absolute Gasteiger partial charge is 0.497 e. The number of rotatable bonds is 3. The van der Waals surface area contributed by atoms with E-state index < -0.39 is 5.79 Å². The first-order valence-corrected chi connectivity index (χ1v) is 8.36. The lowest BCUT2D eigenvalue weighted by Gasteiger charge is -2.42. The second-order valence-electron chi connectivity index (χ2n) is 6.70. The molecule has 1 heterocycles. The molecule has 2 atom stereocenters. The predicted molar refractivity (Wildman–Crippen MR) is 89.5 cm³/mol. The van der Waals surface area contributed by atoms with E-state index in [1.807, 2.05) is 36.4 Å². The van der Waals surface area contributed by atoms with Crippen LogP contribution in [0.2, 0.25) is 0 Å². The van der Waals surface area contributed by atoms with Crippen molar-refractivity contribution in [2.75, 3.05) is 20.3 Å². The van der Waals surface area contributed by atoms with E-state index >= 15 is 0 Å². The first-order chi connectivity index (χ1) is 11.2. The third kappa shape index (κ3) is 2.71. The van der Waals surface area contributed by atoms with Gasteiger partial charge in [-0.05, 0) is 47.7 Å². The van der Waals surface area contributed by atoms with E-state index in [2.05, 4.69) is 5.32 Å². The molecule has 4 heteroatoms. The highest BCUT2D eigenvalue weighted by Crippen LogP contribution is 2.35. The molecule has 0 amide bonds. The molecule has 0 aromatic heterocycles. The normalized spacial score (nSPS) is 28.5. The van der Waals surface area contributed by atoms with Gasteiger partial charge in [-0.25, -0.2) is 0 Å². The topological polar surface area (TPSA) is 50.7 Å². The average molecular weight is 313 g/mol. The van der Waals surface area contributed by atoms with Gasteiger partial charge in [0.05, 0.1) is 20.3 Å². The summed E-state index contributed by atoms with van der Waals surface area (Å²) in [5, 5.41) is 16.5. The highest BCUT2D eigenvalue weighted by atomic mass is 16.6. The fourth-order valence-corrected chi connectivity index (χ4v) is 3.53. The second-order valence-corrected chi connectivity index (χ2v) is 6.70. The third-order valence-corrected chi connectivity index (χ3v) is 5.32. The van der Waals surface area contributed by atoms with Gasteiger partial charge >= 0.3 is 0 Å². The maximum Gasteiger partial charge on any atom is 0.205 e. The molecule has 2 aromatic rings. The minimum Gasteiger partial charge on any atom is -0.497 e. The fourth-order valence-electron chi connectivity index (χ4n) is 3.53. The van der Waals surface area contributed by atoms with Crippen LogP contribution in [-0.4, -0.2) is 31.4 Å². The van der Waals surface area contributed by atoms with E-state index in [1.165, 1.54) is 19.3 Å². The quantitative estimate of drug-likeness (QED) is 0.915. The van der Waals surface area contributed by atoms with Crippen LogP contribution < -0.4 is 10.1 Å². The number of fused-ring (bicyclic) bond motifs is 1. The zero-order valence-corrected chi connectivity index (χ0v) is 13.4.